The number of rotatable bonds is 3. The number of nitrogens with zero attached hydrogens (tertiary/aromatic N) is 2. The van der Waals surface area contributed by atoms with E-state index in [2.05, 4.69) is 31.7 Å². The molecule has 1 amide bonds. The maximum absolute atomic E-state index is 12.0. The van der Waals surface area contributed by atoms with Crippen molar-refractivity contribution in [3.63, 3.8) is 0 Å². The second-order valence-corrected chi connectivity index (χ2v) is 4.85. The minimum Gasteiger partial charge on any atom is -0.457 e. The van der Waals surface area contributed by atoms with Crippen molar-refractivity contribution in [3.05, 3.63) is 34.8 Å². The molecule has 7 heteroatoms. The van der Waals surface area contributed by atoms with Gasteiger partial charge in [-0.2, -0.15) is 5.10 Å². The average molecular weight is 311 g/mol. The highest BCUT2D eigenvalue weighted by molar-refractivity contribution is 9.10. The predicted octanol–water partition coefficient (Wildman–Crippen LogP) is 1.64. The second kappa shape index (κ2) is 4.58. The number of aromatic nitrogens is 2. The molecule has 0 aliphatic carbocycles. The van der Waals surface area contributed by atoms with Crippen LogP contribution in [0.5, 0.6) is 0 Å². The van der Waals surface area contributed by atoms with Gasteiger partial charge < -0.3 is 15.1 Å². The smallest absolute Gasteiger partial charge is 0.260 e. The molecule has 6 nitrogen and oxygen atoms in total. The highest BCUT2D eigenvalue weighted by Crippen LogP contribution is 2.19. The van der Waals surface area contributed by atoms with Crippen molar-refractivity contribution < 1.29 is 9.21 Å². The Bertz CT molecular complexity index is 573. The molecule has 18 heavy (non-hydrogen) atoms. The molecule has 2 aromatic rings. The van der Waals surface area contributed by atoms with Crippen LogP contribution in [0.4, 0.5) is 5.82 Å². The zero-order valence-electron chi connectivity index (χ0n) is 9.39. The van der Waals surface area contributed by atoms with Crippen molar-refractivity contribution in [2.24, 2.45) is 0 Å². The molecule has 0 unspecified atom stereocenters. The zero-order valence-corrected chi connectivity index (χ0v) is 11.0. The van der Waals surface area contributed by atoms with Crippen molar-refractivity contribution in [3.8, 4) is 0 Å². The molecule has 94 valence electrons. The number of carbonyl (C=O) groups excluding carboxylic acids is 1. The second-order valence-electron chi connectivity index (χ2n) is 4.07. The first-order valence-electron chi connectivity index (χ1n) is 5.53. The highest BCUT2D eigenvalue weighted by atomic mass is 79.9. The minimum atomic E-state index is -0.210. The largest absolute Gasteiger partial charge is 0.457 e. The summed E-state index contributed by atoms with van der Waals surface area (Å²) >= 11 is 3.16. The van der Waals surface area contributed by atoms with E-state index >= 15 is 0 Å². The first-order valence-corrected chi connectivity index (χ1v) is 6.33. The zero-order chi connectivity index (χ0) is 12.5. The lowest BCUT2D eigenvalue weighted by Crippen LogP contribution is -2.44. The van der Waals surface area contributed by atoms with Crippen LogP contribution < -0.4 is 10.6 Å². The quantitative estimate of drug-likeness (QED) is 0.904. The molecule has 1 fully saturated rings. The lowest BCUT2D eigenvalue weighted by atomic mass is 10.2. The summed E-state index contributed by atoms with van der Waals surface area (Å²) in [4.78, 5) is 12.0. The lowest BCUT2D eigenvalue weighted by molar-refractivity contribution is 0.102. The van der Waals surface area contributed by atoms with E-state index in [0.29, 0.717) is 22.1 Å². The molecule has 3 heterocycles. The van der Waals surface area contributed by atoms with Crippen LogP contribution in [0.1, 0.15) is 16.4 Å². The Hall–Kier alpha value is -1.60. The number of amides is 1. The van der Waals surface area contributed by atoms with Crippen LogP contribution >= 0.6 is 15.9 Å². The topological polar surface area (TPSA) is 72.1 Å². The van der Waals surface area contributed by atoms with E-state index in [9.17, 15) is 4.79 Å². The van der Waals surface area contributed by atoms with E-state index in [1.165, 1.54) is 6.26 Å². The van der Waals surface area contributed by atoms with Crippen LogP contribution in [-0.2, 0) is 0 Å². The molecule has 2 aromatic heterocycles. The summed E-state index contributed by atoms with van der Waals surface area (Å²) in [6, 6.07) is 3.72. The summed E-state index contributed by atoms with van der Waals surface area (Å²) in [5.74, 6) is 0.488. The van der Waals surface area contributed by atoms with E-state index in [4.69, 9.17) is 4.42 Å². The van der Waals surface area contributed by atoms with Gasteiger partial charge >= 0.3 is 0 Å². The molecule has 1 aliphatic heterocycles. The van der Waals surface area contributed by atoms with E-state index in [1.807, 2.05) is 4.68 Å². The van der Waals surface area contributed by atoms with Gasteiger partial charge in [-0.25, -0.2) is 4.68 Å². The van der Waals surface area contributed by atoms with Gasteiger partial charge in [0.2, 0.25) is 0 Å². The Kier molecular flexibility index (Phi) is 2.92. The molecule has 2 N–H and O–H groups in total. The number of nitrogens with one attached hydrogen (secondary N) is 2. The number of furan rings is 1. The fraction of sp³-hybridized carbons (Fsp3) is 0.273. The number of anilines is 1. The van der Waals surface area contributed by atoms with Gasteiger partial charge in [-0.05, 0) is 15.9 Å². The van der Waals surface area contributed by atoms with Crippen LogP contribution in [0.15, 0.2) is 33.7 Å². The number of carbonyl (C=O) groups is 1. The Morgan fingerprint density at radius 3 is 3.06 bits per heavy atom. The van der Waals surface area contributed by atoms with Gasteiger partial charge in [0.15, 0.2) is 4.67 Å². The first kappa shape index (κ1) is 11.5. The summed E-state index contributed by atoms with van der Waals surface area (Å²) in [5.41, 5.74) is 0.473. The molecule has 0 aromatic carbocycles. The van der Waals surface area contributed by atoms with Crippen molar-refractivity contribution in [1.82, 2.24) is 15.1 Å². The maximum Gasteiger partial charge on any atom is 0.260 e. The van der Waals surface area contributed by atoms with Gasteiger partial charge in [-0.3, -0.25) is 4.79 Å². The third-order valence-corrected chi connectivity index (χ3v) is 3.26. The fourth-order valence-electron chi connectivity index (χ4n) is 1.77. The lowest BCUT2D eigenvalue weighted by Gasteiger charge is -2.28. The first-order chi connectivity index (χ1) is 8.74. The summed E-state index contributed by atoms with van der Waals surface area (Å²) in [5, 5.41) is 10.2. The Labute approximate surface area is 111 Å². The summed E-state index contributed by atoms with van der Waals surface area (Å²) in [7, 11) is 0. The molecule has 0 atom stereocenters. The number of halogens is 1. The molecule has 1 aliphatic rings. The SMILES string of the molecule is O=C(Nc1ccnn1C1CNC1)c1coc(Br)c1. The van der Waals surface area contributed by atoms with Crippen molar-refractivity contribution in [2.75, 3.05) is 18.4 Å². The number of hydrogen-bond acceptors (Lipinski definition) is 4. The van der Waals surface area contributed by atoms with Gasteiger partial charge in [-0.15, -0.1) is 0 Å². The third-order valence-electron chi connectivity index (χ3n) is 2.85. The minimum absolute atomic E-state index is 0.210. The van der Waals surface area contributed by atoms with E-state index in [-0.39, 0.29) is 5.91 Å². The Morgan fingerprint density at radius 2 is 2.44 bits per heavy atom. The fourth-order valence-corrected chi connectivity index (χ4v) is 2.11. The van der Waals surface area contributed by atoms with Gasteiger partial charge in [0, 0.05) is 25.2 Å². The molecule has 0 spiro atoms. The summed E-state index contributed by atoms with van der Waals surface area (Å²) < 4.78 is 7.39. The molecule has 0 bridgehead atoms. The van der Waals surface area contributed by atoms with Crippen LogP contribution in [-0.4, -0.2) is 28.8 Å². The van der Waals surface area contributed by atoms with Crippen LogP contribution in [0.2, 0.25) is 0 Å². The van der Waals surface area contributed by atoms with Crippen LogP contribution in [0.25, 0.3) is 0 Å². The predicted molar refractivity (Wildman–Crippen MR) is 68.5 cm³/mol. The molecule has 1 saturated heterocycles. The van der Waals surface area contributed by atoms with Crippen LogP contribution in [0, 0.1) is 0 Å². The normalized spacial score (nSPS) is 15.4. The molecule has 0 radical (unpaired) electrons. The molecular formula is C11H11BrN4O2. The van der Waals surface area contributed by atoms with Gasteiger partial charge in [0.1, 0.15) is 12.1 Å². The monoisotopic (exact) mass is 310 g/mol. The van der Waals surface area contributed by atoms with E-state index in [0.717, 1.165) is 13.1 Å². The van der Waals surface area contributed by atoms with Crippen molar-refractivity contribution in [2.45, 2.75) is 6.04 Å². The third kappa shape index (κ3) is 2.06. The Morgan fingerprint density at radius 1 is 1.61 bits per heavy atom. The summed E-state index contributed by atoms with van der Waals surface area (Å²) in [6.07, 6.45) is 3.09. The van der Waals surface area contributed by atoms with Gasteiger partial charge in [0.25, 0.3) is 5.91 Å². The molecule has 3 rings (SSSR count). The van der Waals surface area contributed by atoms with E-state index in [1.54, 1.807) is 18.3 Å². The van der Waals surface area contributed by atoms with Crippen molar-refractivity contribution in [1.29, 1.82) is 0 Å². The Balaban J connectivity index is 1.76. The van der Waals surface area contributed by atoms with E-state index < -0.39 is 0 Å². The van der Waals surface area contributed by atoms with Gasteiger partial charge in [0.05, 0.1) is 17.8 Å². The van der Waals surface area contributed by atoms with Crippen molar-refractivity contribution >= 4 is 27.7 Å². The summed E-state index contributed by atoms with van der Waals surface area (Å²) in [6.45, 7) is 1.75. The molecule has 0 saturated carbocycles. The number of hydrogen-bond donors (Lipinski definition) is 2. The van der Waals surface area contributed by atoms with Crippen LogP contribution in [0.3, 0.4) is 0 Å². The maximum atomic E-state index is 12.0. The highest BCUT2D eigenvalue weighted by Gasteiger charge is 2.22. The average Bonchev–Trinajstić information content (AvgIpc) is 2.86. The van der Waals surface area contributed by atoms with Gasteiger partial charge in [-0.1, -0.05) is 0 Å². The standard InChI is InChI=1S/C11H11BrN4O2/c12-9-3-7(6-18-9)11(17)15-10-1-2-14-16(10)8-4-13-5-8/h1-3,6,8,13H,4-5H2,(H,15,17). The molecular weight excluding hydrogens is 300 g/mol.